The Kier molecular flexibility index (Phi) is 5.66. The Balaban J connectivity index is 1.92. The molecule has 2 aromatic rings. The number of hydrogen-bond acceptors (Lipinski definition) is 4. The van der Waals surface area contributed by atoms with E-state index in [4.69, 9.17) is 0 Å². The molecule has 0 saturated heterocycles. The highest BCUT2D eigenvalue weighted by atomic mass is 32.2. The molecule has 1 aromatic carbocycles. The summed E-state index contributed by atoms with van der Waals surface area (Å²) in [7, 11) is 0. The van der Waals surface area contributed by atoms with Gasteiger partial charge in [-0.25, -0.2) is 9.78 Å². The van der Waals surface area contributed by atoms with E-state index in [9.17, 15) is 9.59 Å². The van der Waals surface area contributed by atoms with E-state index in [0.29, 0.717) is 5.16 Å². The summed E-state index contributed by atoms with van der Waals surface area (Å²) in [5.74, 6) is -0.362. The molecule has 128 valence electrons. The molecule has 1 heterocycles. The summed E-state index contributed by atoms with van der Waals surface area (Å²) in [6.45, 7) is 7.28. The van der Waals surface area contributed by atoms with Gasteiger partial charge < -0.3 is 10.3 Å². The van der Waals surface area contributed by atoms with Crippen molar-refractivity contribution in [3.8, 4) is 11.3 Å². The van der Waals surface area contributed by atoms with Crippen LogP contribution in [0.1, 0.15) is 27.7 Å². The zero-order valence-electron chi connectivity index (χ0n) is 14.2. The number of aromatic amines is 1. The van der Waals surface area contributed by atoms with Crippen molar-refractivity contribution in [2.75, 3.05) is 0 Å². The third-order valence-electron chi connectivity index (χ3n) is 3.02. The molecule has 0 aliphatic heterocycles. The molecule has 2 rings (SSSR count). The number of carbonyl (C=O) groups is 2. The lowest BCUT2D eigenvalue weighted by atomic mass is 10.1. The lowest BCUT2D eigenvalue weighted by Gasteiger charge is -2.21. The van der Waals surface area contributed by atoms with Gasteiger partial charge in [-0.2, -0.15) is 0 Å². The first-order valence-electron chi connectivity index (χ1n) is 7.65. The highest BCUT2D eigenvalue weighted by Crippen LogP contribution is 2.24. The molecule has 0 bridgehead atoms. The monoisotopic (exact) mass is 346 g/mol. The first kappa shape index (κ1) is 18.1. The summed E-state index contributed by atoms with van der Waals surface area (Å²) in [4.78, 5) is 31.3. The maximum Gasteiger partial charge on any atom is 0.321 e. The number of amides is 3. The molecular formula is C17H22N4O2S. The van der Waals surface area contributed by atoms with Gasteiger partial charge in [0.15, 0.2) is 5.16 Å². The molecule has 1 aromatic heterocycles. The molecule has 0 aliphatic carbocycles. The van der Waals surface area contributed by atoms with Crippen LogP contribution >= 0.6 is 11.8 Å². The van der Waals surface area contributed by atoms with Crippen molar-refractivity contribution in [3.63, 3.8) is 0 Å². The van der Waals surface area contributed by atoms with Crippen molar-refractivity contribution in [2.45, 2.75) is 43.6 Å². The summed E-state index contributed by atoms with van der Waals surface area (Å²) in [5.41, 5.74) is 1.52. The van der Waals surface area contributed by atoms with E-state index in [1.807, 2.05) is 51.1 Å². The summed E-state index contributed by atoms with van der Waals surface area (Å²) >= 11 is 1.27. The number of hydrogen-bond donors (Lipinski definition) is 3. The van der Waals surface area contributed by atoms with Crippen molar-refractivity contribution in [3.05, 3.63) is 36.5 Å². The van der Waals surface area contributed by atoms with Crippen LogP contribution in [0.4, 0.5) is 4.79 Å². The van der Waals surface area contributed by atoms with Crippen LogP contribution < -0.4 is 10.6 Å². The number of H-pyrrole nitrogens is 1. The van der Waals surface area contributed by atoms with E-state index in [0.717, 1.165) is 11.3 Å². The second kappa shape index (κ2) is 7.53. The summed E-state index contributed by atoms with van der Waals surface area (Å²) < 4.78 is 0. The molecule has 24 heavy (non-hydrogen) atoms. The molecule has 1 atom stereocenters. The normalized spacial score (nSPS) is 12.5. The molecular weight excluding hydrogens is 324 g/mol. The van der Waals surface area contributed by atoms with Crippen LogP contribution in [-0.4, -0.2) is 32.7 Å². The lowest BCUT2D eigenvalue weighted by molar-refractivity contribution is -0.119. The zero-order chi connectivity index (χ0) is 17.7. The standard InChI is InChI=1S/C17H22N4O2S/c1-11(14(22)20-15(23)21-17(2,3)4)24-16-18-10-13(19-16)12-8-6-5-7-9-12/h5-11H,1-4H3,(H,18,19)(H2,20,21,22,23). The Hall–Kier alpha value is -2.28. The van der Waals surface area contributed by atoms with Gasteiger partial charge in [0.25, 0.3) is 0 Å². The molecule has 7 heteroatoms. The van der Waals surface area contributed by atoms with Gasteiger partial charge in [0, 0.05) is 5.54 Å². The minimum atomic E-state index is -0.496. The lowest BCUT2D eigenvalue weighted by Crippen LogP contribution is -2.49. The predicted molar refractivity (Wildman–Crippen MR) is 95.8 cm³/mol. The molecule has 1 unspecified atom stereocenters. The molecule has 0 radical (unpaired) electrons. The topological polar surface area (TPSA) is 86.9 Å². The zero-order valence-corrected chi connectivity index (χ0v) is 15.0. The summed E-state index contributed by atoms with van der Waals surface area (Å²) in [6, 6.07) is 9.32. The number of carbonyl (C=O) groups excluding carboxylic acids is 2. The average Bonchev–Trinajstić information content (AvgIpc) is 2.94. The van der Waals surface area contributed by atoms with Crippen LogP contribution in [0.2, 0.25) is 0 Å². The third kappa shape index (κ3) is 5.42. The first-order chi connectivity index (χ1) is 11.2. The smallest absolute Gasteiger partial charge is 0.321 e. The van der Waals surface area contributed by atoms with E-state index in [2.05, 4.69) is 20.6 Å². The van der Waals surface area contributed by atoms with Crippen molar-refractivity contribution in [2.24, 2.45) is 0 Å². The fourth-order valence-electron chi connectivity index (χ4n) is 1.93. The van der Waals surface area contributed by atoms with Crippen LogP contribution in [0.15, 0.2) is 41.7 Å². The Morgan fingerprint density at radius 2 is 1.88 bits per heavy atom. The fraction of sp³-hybridized carbons (Fsp3) is 0.353. The largest absolute Gasteiger partial charge is 0.333 e. The van der Waals surface area contributed by atoms with Gasteiger partial charge >= 0.3 is 6.03 Å². The molecule has 3 N–H and O–H groups in total. The number of nitrogens with one attached hydrogen (secondary N) is 3. The molecule has 0 saturated carbocycles. The highest BCUT2D eigenvalue weighted by molar-refractivity contribution is 8.00. The maximum atomic E-state index is 12.1. The number of imide groups is 1. The number of imidazole rings is 1. The molecule has 6 nitrogen and oxygen atoms in total. The van der Waals surface area contributed by atoms with Crippen molar-refractivity contribution >= 4 is 23.7 Å². The Labute approximate surface area is 145 Å². The molecule has 0 fully saturated rings. The number of urea groups is 1. The maximum absolute atomic E-state index is 12.1. The van der Waals surface area contributed by atoms with E-state index in [1.54, 1.807) is 13.1 Å². The number of benzene rings is 1. The van der Waals surface area contributed by atoms with Gasteiger partial charge in [-0.1, -0.05) is 42.1 Å². The van der Waals surface area contributed by atoms with Crippen LogP contribution in [0, 0.1) is 0 Å². The number of thioether (sulfide) groups is 1. The number of aromatic nitrogens is 2. The van der Waals surface area contributed by atoms with E-state index in [-0.39, 0.29) is 5.91 Å². The number of nitrogens with zero attached hydrogens (tertiary/aromatic N) is 1. The Bertz CT molecular complexity index is 707. The Morgan fingerprint density at radius 3 is 2.50 bits per heavy atom. The molecule has 0 aliphatic rings. The number of rotatable bonds is 4. The summed E-state index contributed by atoms with van der Waals surface area (Å²) in [5, 5.41) is 5.21. The Morgan fingerprint density at radius 1 is 1.21 bits per heavy atom. The van der Waals surface area contributed by atoms with Crippen molar-refractivity contribution in [1.82, 2.24) is 20.6 Å². The van der Waals surface area contributed by atoms with E-state index >= 15 is 0 Å². The average molecular weight is 346 g/mol. The van der Waals surface area contributed by atoms with Gasteiger partial charge in [0.1, 0.15) is 0 Å². The van der Waals surface area contributed by atoms with Gasteiger partial charge in [0.05, 0.1) is 17.1 Å². The van der Waals surface area contributed by atoms with Crippen LogP contribution in [-0.2, 0) is 4.79 Å². The minimum Gasteiger partial charge on any atom is -0.333 e. The SMILES string of the molecule is CC(Sc1ncc(-c2ccccc2)[nH]1)C(=O)NC(=O)NC(C)(C)C. The second-order valence-electron chi connectivity index (χ2n) is 6.42. The minimum absolute atomic E-state index is 0.362. The van der Waals surface area contributed by atoms with Crippen molar-refractivity contribution in [1.29, 1.82) is 0 Å². The van der Waals surface area contributed by atoms with Crippen LogP contribution in [0.5, 0.6) is 0 Å². The first-order valence-corrected chi connectivity index (χ1v) is 8.52. The van der Waals surface area contributed by atoms with Gasteiger partial charge in [-0.3, -0.25) is 10.1 Å². The second-order valence-corrected chi connectivity index (χ2v) is 7.75. The summed E-state index contributed by atoms with van der Waals surface area (Å²) in [6.07, 6.45) is 1.73. The van der Waals surface area contributed by atoms with Gasteiger partial charge in [0.2, 0.25) is 5.91 Å². The van der Waals surface area contributed by atoms with Gasteiger partial charge in [-0.15, -0.1) is 0 Å². The molecule has 0 spiro atoms. The van der Waals surface area contributed by atoms with Crippen LogP contribution in [0.3, 0.4) is 0 Å². The molecule has 3 amide bonds. The van der Waals surface area contributed by atoms with Crippen molar-refractivity contribution < 1.29 is 9.59 Å². The third-order valence-corrected chi connectivity index (χ3v) is 4.02. The van der Waals surface area contributed by atoms with Gasteiger partial charge in [-0.05, 0) is 33.3 Å². The predicted octanol–water partition coefficient (Wildman–Crippen LogP) is 3.18. The highest BCUT2D eigenvalue weighted by Gasteiger charge is 2.21. The quantitative estimate of drug-likeness (QED) is 0.742. The fourth-order valence-corrected chi connectivity index (χ4v) is 2.72. The van der Waals surface area contributed by atoms with Crippen LogP contribution in [0.25, 0.3) is 11.3 Å². The van der Waals surface area contributed by atoms with E-state index in [1.165, 1.54) is 11.8 Å². The van der Waals surface area contributed by atoms with E-state index < -0.39 is 16.8 Å².